The zero-order chi connectivity index (χ0) is 17.3. The fourth-order valence-electron chi connectivity index (χ4n) is 3.00. The molecule has 0 saturated heterocycles. The molecule has 3 nitrogen and oxygen atoms in total. The van der Waals surface area contributed by atoms with Crippen molar-refractivity contribution >= 4 is 0 Å². The largest absolute Gasteiger partial charge is 0.491 e. The zero-order valence-electron chi connectivity index (χ0n) is 14.3. The molecule has 1 atom stereocenters. The molecule has 0 spiro atoms. The second-order valence-electron chi connectivity index (χ2n) is 7.05. The van der Waals surface area contributed by atoms with Gasteiger partial charge in [-0.05, 0) is 74.6 Å². The van der Waals surface area contributed by atoms with E-state index in [0.717, 1.165) is 29.7 Å². The van der Waals surface area contributed by atoms with Crippen molar-refractivity contribution < 1.29 is 19.0 Å². The summed E-state index contributed by atoms with van der Waals surface area (Å²) < 4.78 is 25.5. The van der Waals surface area contributed by atoms with Crippen LogP contribution in [-0.4, -0.2) is 17.3 Å². The summed E-state index contributed by atoms with van der Waals surface area (Å²) in [4.78, 5) is 0. The first-order chi connectivity index (χ1) is 11.3. The normalized spacial score (nSPS) is 16.8. The molecule has 4 heteroatoms. The molecule has 2 aromatic rings. The lowest BCUT2D eigenvalue weighted by Gasteiger charge is -2.18. The molecule has 1 aliphatic carbocycles. The number of fused-ring (bicyclic) bond motifs is 1. The maximum Gasteiger partial charge on any atom is 0.131 e. The molecule has 0 saturated carbocycles. The van der Waals surface area contributed by atoms with E-state index in [2.05, 4.69) is 0 Å². The number of benzene rings is 2. The molecule has 3 rings (SSSR count). The van der Waals surface area contributed by atoms with E-state index < -0.39 is 5.60 Å². The third-order valence-corrected chi connectivity index (χ3v) is 4.22. The van der Waals surface area contributed by atoms with Crippen molar-refractivity contribution in [3.63, 3.8) is 0 Å². The Balaban J connectivity index is 1.74. The molecule has 2 aromatic carbocycles. The molecular weight excluding hydrogens is 307 g/mol. The van der Waals surface area contributed by atoms with Crippen molar-refractivity contribution in [1.82, 2.24) is 0 Å². The van der Waals surface area contributed by atoms with Crippen molar-refractivity contribution in [2.45, 2.75) is 45.1 Å². The number of halogens is 1. The first kappa shape index (κ1) is 16.8. The molecule has 1 unspecified atom stereocenters. The van der Waals surface area contributed by atoms with E-state index in [0.29, 0.717) is 11.5 Å². The summed E-state index contributed by atoms with van der Waals surface area (Å²) in [6, 6.07) is 10.4. The third kappa shape index (κ3) is 3.70. The molecule has 1 aliphatic rings. The van der Waals surface area contributed by atoms with Gasteiger partial charge in [0.15, 0.2) is 0 Å². The first-order valence-corrected chi connectivity index (χ1v) is 8.28. The van der Waals surface area contributed by atoms with Gasteiger partial charge in [0.05, 0.1) is 5.60 Å². The predicted octanol–water partition coefficient (Wildman–Crippen LogP) is 4.82. The lowest BCUT2D eigenvalue weighted by molar-refractivity contribution is 0.0285. The van der Waals surface area contributed by atoms with Crippen LogP contribution in [0.4, 0.5) is 4.39 Å². The van der Waals surface area contributed by atoms with Crippen LogP contribution in [0.2, 0.25) is 0 Å². The average Bonchev–Trinajstić information content (AvgIpc) is 2.92. The Bertz CT molecular complexity index is 717. The lowest BCUT2D eigenvalue weighted by Crippen LogP contribution is -2.27. The molecule has 0 amide bonds. The summed E-state index contributed by atoms with van der Waals surface area (Å²) in [5.74, 6) is 2.17. The zero-order valence-corrected chi connectivity index (χ0v) is 14.3. The van der Waals surface area contributed by atoms with Crippen LogP contribution < -0.4 is 9.47 Å². The van der Waals surface area contributed by atoms with Gasteiger partial charge < -0.3 is 14.6 Å². The molecule has 0 radical (unpaired) electrons. The fraction of sp³-hybridized carbons (Fsp3) is 0.400. The number of hydrogen-bond donors (Lipinski definition) is 1. The van der Waals surface area contributed by atoms with E-state index in [1.807, 2.05) is 19.1 Å². The minimum absolute atomic E-state index is 0.141. The summed E-state index contributed by atoms with van der Waals surface area (Å²) in [5.41, 5.74) is 0.892. The average molecular weight is 330 g/mol. The van der Waals surface area contributed by atoms with Crippen molar-refractivity contribution in [2.24, 2.45) is 0 Å². The summed E-state index contributed by atoms with van der Waals surface area (Å²) in [7, 11) is 0. The van der Waals surface area contributed by atoms with Gasteiger partial charge in [0.2, 0.25) is 0 Å². The van der Waals surface area contributed by atoms with Gasteiger partial charge in [0.1, 0.15) is 29.7 Å². The SMILES string of the molecule is CC1CCc2c(Oc3ccc(OCC(C)(C)O)cc3)ccc(F)c21. The monoisotopic (exact) mass is 330 g/mol. The van der Waals surface area contributed by atoms with E-state index in [9.17, 15) is 9.50 Å². The van der Waals surface area contributed by atoms with Crippen molar-refractivity contribution in [2.75, 3.05) is 6.61 Å². The van der Waals surface area contributed by atoms with Crippen molar-refractivity contribution in [1.29, 1.82) is 0 Å². The van der Waals surface area contributed by atoms with Gasteiger partial charge in [-0.15, -0.1) is 0 Å². The van der Waals surface area contributed by atoms with Gasteiger partial charge in [-0.3, -0.25) is 0 Å². The predicted molar refractivity (Wildman–Crippen MR) is 91.4 cm³/mol. The van der Waals surface area contributed by atoms with Crippen LogP contribution in [0, 0.1) is 5.82 Å². The van der Waals surface area contributed by atoms with E-state index in [1.165, 1.54) is 6.07 Å². The molecule has 0 bridgehead atoms. The highest BCUT2D eigenvalue weighted by molar-refractivity contribution is 5.48. The molecule has 0 heterocycles. The molecule has 24 heavy (non-hydrogen) atoms. The molecular formula is C20H23FO3. The van der Waals surface area contributed by atoms with Crippen LogP contribution in [0.3, 0.4) is 0 Å². The summed E-state index contributed by atoms with van der Waals surface area (Å²) in [6.45, 7) is 5.66. The minimum atomic E-state index is -0.874. The first-order valence-electron chi connectivity index (χ1n) is 8.28. The van der Waals surface area contributed by atoms with Gasteiger partial charge in [-0.1, -0.05) is 6.92 Å². The van der Waals surface area contributed by atoms with Crippen molar-refractivity contribution in [3.8, 4) is 17.2 Å². The lowest BCUT2D eigenvalue weighted by atomic mass is 10.0. The van der Waals surface area contributed by atoms with Crippen molar-refractivity contribution in [3.05, 3.63) is 53.3 Å². The number of ether oxygens (including phenoxy) is 2. The molecule has 0 aromatic heterocycles. The Hall–Kier alpha value is -2.07. The quantitative estimate of drug-likeness (QED) is 0.854. The standard InChI is InChI=1S/C20H23FO3/c1-13-4-9-16-18(11-10-17(21)19(13)16)24-15-7-5-14(6-8-15)23-12-20(2,3)22/h5-8,10-11,13,22H,4,9,12H2,1-3H3. The van der Waals surface area contributed by atoms with Crippen LogP contribution in [0.25, 0.3) is 0 Å². The Morgan fingerprint density at radius 2 is 1.79 bits per heavy atom. The highest BCUT2D eigenvalue weighted by Crippen LogP contribution is 2.41. The Morgan fingerprint density at radius 1 is 1.12 bits per heavy atom. The van der Waals surface area contributed by atoms with E-state index in [1.54, 1.807) is 32.0 Å². The van der Waals surface area contributed by atoms with Crippen LogP contribution in [0.1, 0.15) is 44.2 Å². The number of aliphatic hydroxyl groups is 1. The summed E-state index contributed by atoms with van der Waals surface area (Å²) in [6.07, 6.45) is 1.80. The summed E-state index contributed by atoms with van der Waals surface area (Å²) in [5, 5.41) is 9.68. The number of rotatable bonds is 5. The van der Waals surface area contributed by atoms with Gasteiger partial charge >= 0.3 is 0 Å². The molecule has 128 valence electrons. The molecule has 1 N–H and O–H groups in total. The van der Waals surface area contributed by atoms with Crippen LogP contribution in [-0.2, 0) is 6.42 Å². The minimum Gasteiger partial charge on any atom is -0.491 e. The maximum absolute atomic E-state index is 14.0. The fourth-order valence-corrected chi connectivity index (χ4v) is 3.00. The van der Waals surface area contributed by atoms with Gasteiger partial charge in [0, 0.05) is 5.56 Å². The number of hydrogen-bond acceptors (Lipinski definition) is 3. The van der Waals surface area contributed by atoms with E-state index in [-0.39, 0.29) is 18.3 Å². The van der Waals surface area contributed by atoms with Crippen LogP contribution >= 0.6 is 0 Å². The third-order valence-electron chi connectivity index (χ3n) is 4.22. The summed E-state index contributed by atoms with van der Waals surface area (Å²) >= 11 is 0. The topological polar surface area (TPSA) is 38.7 Å². The van der Waals surface area contributed by atoms with Crippen LogP contribution in [0.15, 0.2) is 36.4 Å². The van der Waals surface area contributed by atoms with Gasteiger partial charge in [-0.2, -0.15) is 0 Å². The maximum atomic E-state index is 14.0. The van der Waals surface area contributed by atoms with Gasteiger partial charge in [-0.25, -0.2) is 4.39 Å². The highest BCUT2D eigenvalue weighted by Gasteiger charge is 2.26. The van der Waals surface area contributed by atoms with Crippen LogP contribution in [0.5, 0.6) is 17.2 Å². The Labute approximate surface area is 142 Å². The smallest absolute Gasteiger partial charge is 0.131 e. The molecule has 0 fully saturated rings. The highest BCUT2D eigenvalue weighted by atomic mass is 19.1. The van der Waals surface area contributed by atoms with E-state index >= 15 is 0 Å². The second kappa shape index (κ2) is 6.44. The second-order valence-corrected chi connectivity index (χ2v) is 7.05. The Kier molecular flexibility index (Phi) is 4.50. The molecule has 0 aliphatic heterocycles. The van der Waals surface area contributed by atoms with E-state index in [4.69, 9.17) is 9.47 Å². The Morgan fingerprint density at radius 3 is 2.46 bits per heavy atom. The van der Waals surface area contributed by atoms with Gasteiger partial charge in [0.25, 0.3) is 0 Å².